The van der Waals surface area contributed by atoms with Gasteiger partial charge in [0, 0.05) is 0 Å². The minimum Gasteiger partial charge on any atom is -0.376 e. The second-order valence-electron chi connectivity index (χ2n) is 9.07. The Kier molecular flexibility index (Phi) is 4.36. The van der Waals surface area contributed by atoms with Gasteiger partial charge in [0.15, 0.2) is 0 Å². The summed E-state index contributed by atoms with van der Waals surface area (Å²) >= 11 is 0. The van der Waals surface area contributed by atoms with Gasteiger partial charge in [-0.3, -0.25) is 0 Å². The predicted molar refractivity (Wildman–Crippen MR) is 127 cm³/mol. The van der Waals surface area contributed by atoms with Gasteiger partial charge in [0.2, 0.25) is 0 Å². The molecule has 2 atom stereocenters. The van der Waals surface area contributed by atoms with Crippen LogP contribution < -0.4 is 0 Å². The van der Waals surface area contributed by atoms with Crippen LogP contribution in [0.3, 0.4) is 0 Å². The van der Waals surface area contributed by atoms with E-state index in [4.69, 9.17) is 0 Å². The first kappa shape index (κ1) is 19.5. The molecule has 0 saturated carbocycles. The van der Waals surface area contributed by atoms with Crippen LogP contribution in [0.4, 0.5) is 0 Å². The van der Waals surface area contributed by atoms with Gasteiger partial charge in [0.1, 0.15) is 11.2 Å². The summed E-state index contributed by atoms with van der Waals surface area (Å²) in [5.74, 6) is 0. The van der Waals surface area contributed by atoms with E-state index in [2.05, 4.69) is 12.1 Å². The predicted octanol–water partition coefficient (Wildman–Crippen LogP) is 5.45. The van der Waals surface area contributed by atoms with Crippen molar-refractivity contribution in [1.82, 2.24) is 0 Å². The van der Waals surface area contributed by atoms with Crippen LogP contribution >= 0.6 is 0 Å². The smallest absolute Gasteiger partial charge is 0.141 e. The molecule has 0 aliphatic heterocycles. The fourth-order valence-electron chi connectivity index (χ4n) is 5.77. The van der Waals surface area contributed by atoms with Gasteiger partial charge >= 0.3 is 0 Å². The maximum absolute atomic E-state index is 12.5. The Bertz CT molecular complexity index is 1190. The van der Waals surface area contributed by atoms with E-state index in [9.17, 15) is 10.2 Å². The summed E-state index contributed by atoms with van der Waals surface area (Å²) in [4.78, 5) is 0. The molecular formula is C30H26O2. The minimum atomic E-state index is -1.33. The lowest BCUT2D eigenvalue weighted by Crippen LogP contribution is -2.44. The number of aliphatic hydroxyl groups is 2. The molecule has 6 rings (SSSR count). The Labute approximate surface area is 188 Å². The lowest BCUT2D eigenvalue weighted by molar-refractivity contribution is 0.0745. The van der Waals surface area contributed by atoms with Crippen LogP contribution in [0.2, 0.25) is 0 Å². The van der Waals surface area contributed by atoms with Crippen LogP contribution in [0.5, 0.6) is 0 Å². The van der Waals surface area contributed by atoms with E-state index in [0.717, 1.165) is 59.1 Å². The standard InChI is InChI=1S/C30H26O2/c31-29(23-13-3-1-4-14-23)25-17-9-10-18-26(25)30(32,24-15-5-2-6-16-24)28-20-22-12-8-7-11-21(22)19-27(28)29/h1-6,9-10,13-20,31-32H,7-8,11-12H2/t29-,30-/m1/s1. The maximum Gasteiger partial charge on any atom is 0.141 e. The zero-order valence-electron chi connectivity index (χ0n) is 18.0. The highest BCUT2D eigenvalue weighted by Gasteiger charge is 2.51. The molecule has 2 nitrogen and oxygen atoms in total. The summed E-state index contributed by atoms with van der Waals surface area (Å²) in [6, 6.07) is 31.8. The van der Waals surface area contributed by atoms with Crippen molar-refractivity contribution >= 4 is 0 Å². The Morgan fingerprint density at radius 1 is 0.469 bits per heavy atom. The second kappa shape index (κ2) is 7.16. The van der Waals surface area contributed by atoms with E-state index in [1.807, 2.05) is 84.9 Å². The van der Waals surface area contributed by atoms with Crippen molar-refractivity contribution in [2.45, 2.75) is 36.9 Å². The molecule has 4 aromatic rings. The summed E-state index contributed by atoms with van der Waals surface area (Å²) in [6.07, 6.45) is 4.35. The molecule has 32 heavy (non-hydrogen) atoms. The average Bonchev–Trinajstić information content (AvgIpc) is 2.87. The summed E-state index contributed by atoms with van der Waals surface area (Å²) in [7, 11) is 0. The third-order valence-corrected chi connectivity index (χ3v) is 7.35. The van der Waals surface area contributed by atoms with Crippen LogP contribution in [-0.4, -0.2) is 10.2 Å². The molecule has 0 amide bonds. The van der Waals surface area contributed by atoms with E-state index >= 15 is 0 Å². The van der Waals surface area contributed by atoms with Gasteiger partial charge in [-0.1, -0.05) is 97.1 Å². The summed E-state index contributed by atoms with van der Waals surface area (Å²) in [6.45, 7) is 0. The van der Waals surface area contributed by atoms with Crippen molar-refractivity contribution in [3.63, 3.8) is 0 Å². The fourth-order valence-corrected chi connectivity index (χ4v) is 5.77. The zero-order valence-corrected chi connectivity index (χ0v) is 18.0. The Balaban J connectivity index is 1.75. The average molecular weight is 419 g/mol. The molecule has 0 spiro atoms. The van der Waals surface area contributed by atoms with Crippen molar-refractivity contribution in [2.24, 2.45) is 0 Å². The highest BCUT2D eigenvalue weighted by atomic mass is 16.3. The quantitative estimate of drug-likeness (QED) is 0.455. The molecule has 2 N–H and O–H groups in total. The van der Waals surface area contributed by atoms with Crippen molar-refractivity contribution < 1.29 is 10.2 Å². The maximum atomic E-state index is 12.5. The van der Waals surface area contributed by atoms with Crippen LogP contribution in [0.1, 0.15) is 57.3 Å². The van der Waals surface area contributed by atoms with Crippen molar-refractivity contribution in [3.8, 4) is 0 Å². The molecule has 0 unspecified atom stereocenters. The van der Waals surface area contributed by atoms with Gasteiger partial charge in [-0.2, -0.15) is 0 Å². The molecule has 0 bridgehead atoms. The molecular weight excluding hydrogens is 392 g/mol. The molecule has 0 fully saturated rings. The largest absolute Gasteiger partial charge is 0.376 e. The zero-order chi connectivity index (χ0) is 21.8. The van der Waals surface area contributed by atoms with E-state index in [1.165, 1.54) is 11.1 Å². The van der Waals surface area contributed by atoms with Crippen LogP contribution in [0.25, 0.3) is 0 Å². The van der Waals surface area contributed by atoms with Crippen LogP contribution in [0.15, 0.2) is 97.1 Å². The normalized spacial score (nSPS) is 23.7. The van der Waals surface area contributed by atoms with Gasteiger partial charge in [-0.25, -0.2) is 0 Å². The molecule has 0 radical (unpaired) electrons. The monoisotopic (exact) mass is 418 g/mol. The Morgan fingerprint density at radius 2 is 0.844 bits per heavy atom. The highest BCUT2D eigenvalue weighted by Crippen LogP contribution is 2.53. The van der Waals surface area contributed by atoms with Gasteiger partial charge in [0.05, 0.1) is 0 Å². The Morgan fingerprint density at radius 3 is 1.25 bits per heavy atom. The Hall–Kier alpha value is -3.20. The third kappa shape index (κ3) is 2.60. The number of benzene rings is 4. The molecule has 2 aliphatic carbocycles. The van der Waals surface area contributed by atoms with Gasteiger partial charge in [0.25, 0.3) is 0 Å². The van der Waals surface area contributed by atoms with Crippen LogP contribution in [0, 0.1) is 0 Å². The second-order valence-corrected chi connectivity index (χ2v) is 9.07. The summed E-state index contributed by atoms with van der Waals surface area (Å²) < 4.78 is 0. The summed E-state index contributed by atoms with van der Waals surface area (Å²) in [5.41, 5.74) is 4.60. The first-order chi connectivity index (χ1) is 15.6. The minimum absolute atomic E-state index is 0.737. The van der Waals surface area contributed by atoms with Crippen LogP contribution in [-0.2, 0) is 24.0 Å². The molecule has 4 aromatic carbocycles. The molecule has 2 aliphatic rings. The molecule has 0 saturated heterocycles. The fraction of sp³-hybridized carbons (Fsp3) is 0.200. The van der Waals surface area contributed by atoms with Crippen molar-refractivity contribution in [1.29, 1.82) is 0 Å². The number of hydrogen-bond acceptors (Lipinski definition) is 2. The van der Waals surface area contributed by atoms with Crippen molar-refractivity contribution in [2.75, 3.05) is 0 Å². The molecule has 0 heterocycles. The lowest BCUT2D eigenvalue weighted by atomic mass is 9.62. The molecule has 0 aromatic heterocycles. The van der Waals surface area contributed by atoms with Gasteiger partial charge in [-0.15, -0.1) is 0 Å². The number of fused-ring (bicyclic) bond motifs is 3. The van der Waals surface area contributed by atoms with Crippen molar-refractivity contribution in [3.05, 3.63) is 142 Å². The molecule has 158 valence electrons. The SMILES string of the molecule is O[C@]1(c2ccccc2)c2ccccc2[C@](O)(c2ccccc2)c2cc3c(cc21)CCCC3. The topological polar surface area (TPSA) is 40.5 Å². The number of hydrogen-bond donors (Lipinski definition) is 2. The van der Waals surface area contributed by atoms with Gasteiger partial charge in [-0.05, 0) is 70.2 Å². The third-order valence-electron chi connectivity index (χ3n) is 7.35. The number of aryl methyl sites for hydroxylation is 2. The van der Waals surface area contributed by atoms with Gasteiger partial charge < -0.3 is 10.2 Å². The van der Waals surface area contributed by atoms with E-state index in [-0.39, 0.29) is 0 Å². The number of rotatable bonds is 2. The highest BCUT2D eigenvalue weighted by molar-refractivity contribution is 5.66. The van der Waals surface area contributed by atoms with E-state index in [0.29, 0.717) is 0 Å². The summed E-state index contributed by atoms with van der Waals surface area (Å²) in [5, 5.41) is 25.0. The molecule has 2 heteroatoms. The lowest BCUT2D eigenvalue weighted by Gasteiger charge is -2.46. The first-order valence-electron chi connectivity index (χ1n) is 11.5. The van der Waals surface area contributed by atoms with E-state index in [1.54, 1.807) is 0 Å². The van der Waals surface area contributed by atoms with E-state index < -0.39 is 11.2 Å². The first-order valence-corrected chi connectivity index (χ1v) is 11.5.